The van der Waals surface area contributed by atoms with Crippen LogP contribution in [0.4, 0.5) is 0 Å². The normalized spacial score (nSPS) is 10.6. The van der Waals surface area contributed by atoms with Crippen LogP contribution in [0.15, 0.2) is 0 Å². The topological polar surface area (TPSA) is 29.1 Å². The van der Waals surface area contributed by atoms with Gasteiger partial charge in [0, 0.05) is 13.0 Å². The number of amides is 1. The summed E-state index contributed by atoms with van der Waals surface area (Å²) in [5.41, 5.74) is 0. The van der Waals surface area contributed by atoms with Crippen LogP contribution in [0, 0.1) is 0 Å². The standard InChI is InChI=1S/C16H33NO/c1-3-5-7-9-10-12-14-16(18)17-15-13-11-8-6-4-2/h3-15H2,1-2H3,(H,17,18). The van der Waals surface area contributed by atoms with Crippen LogP contribution >= 0.6 is 0 Å². The molecule has 0 atom stereocenters. The summed E-state index contributed by atoms with van der Waals surface area (Å²) in [6, 6.07) is 0. The summed E-state index contributed by atoms with van der Waals surface area (Å²) in [4.78, 5) is 11.5. The Bertz CT molecular complexity index is 162. The van der Waals surface area contributed by atoms with Crippen LogP contribution in [0.25, 0.3) is 0 Å². The van der Waals surface area contributed by atoms with E-state index >= 15 is 0 Å². The van der Waals surface area contributed by atoms with Gasteiger partial charge in [-0.05, 0) is 12.8 Å². The molecule has 2 nitrogen and oxygen atoms in total. The molecule has 0 aromatic carbocycles. The summed E-state index contributed by atoms with van der Waals surface area (Å²) >= 11 is 0. The molecule has 0 aliphatic rings. The zero-order valence-corrected chi connectivity index (χ0v) is 12.6. The maximum Gasteiger partial charge on any atom is 0.219 e. The zero-order chi connectivity index (χ0) is 13.5. The Morgan fingerprint density at radius 2 is 1.22 bits per heavy atom. The van der Waals surface area contributed by atoms with E-state index in [0.717, 1.165) is 25.8 Å². The lowest BCUT2D eigenvalue weighted by atomic mass is 10.1. The van der Waals surface area contributed by atoms with Gasteiger partial charge < -0.3 is 5.32 Å². The second kappa shape index (κ2) is 14.5. The van der Waals surface area contributed by atoms with Crippen molar-refractivity contribution in [2.75, 3.05) is 6.54 Å². The average molecular weight is 255 g/mol. The highest BCUT2D eigenvalue weighted by Gasteiger charge is 2.00. The fraction of sp³-hybridized carbons (Fsp3) is 0.938. The lowest BCUT2D eigenvalue weighted by molar-refractivity contribution is -0.121. The number of nitrogens with one attached hydrogen (secondary N) is 1. The molecule has 0 aromatic heterocycles. The Morgan fingerprint density at radius 3 is 1.83 bits per heavy atom. The van der Waals surface area contributed by atoms with Gasteiger partial charge in [0.1, 0.15) is 0 Å². The van der Waals surface area contributed by atoms with Crippen molar-refractivity contribution in [3.8, 4) is 0 Å². The van der Waals surface area contributed by atoms with Crippen molar-refractivity contribution >= 4 is 5.91 Å². The van der Waals surface area contributed by atoms with E-state index in [0.29, 0.717) is 0 Å². The van der Waals surface area contributed by atoms with Crippen molar-refractivity contribution in [3.63, 3.8) is 0 Å². The maximum absolute atomic E-state index is 11.5. The molecule has 0 unspecified atom stereocenters. The number of unbranched alkanes of at least 4 members (excludes halogenated alkanes) is 9. The molecule has 0 radical (unpaired) electrons. The summed E-state index contributed by atoms with van der Waals surface area (Å²) in [5.74, 6) is 0.251. The fourth-order valence-corrected chi connectivity index (χ4v) is 2.11. The van der Waals surface area contributed by atoms with Crippen LogP contribution in [-0.2, 0) is 4.79 Å². The zero-order valence-electron chi connectivity index (χ0n) is 12.6. The predicted octanol–water partition coefficient (Wildman–Crippen LogP) is 4.82. The Balaban J connectivity index is 3.12. The van der Waals surface area contributed by atoms with Crippen LogP contribution in [0.5, 0.6) is 0 Å². The highest BCUT2D eigenvalue weighted by molar-refractivity contribution is 5.75. The first-order chi connectivity index (χ1) is 8.81. The van der Waals surface area contributed by atoms with Crippen LogP contribution in [0.1, 0.15) is 90.9 Å². The monoisotopic (exact) mass is 255 g/mol. The smallest absolute Gasteiger partial charge is 0.219 e. The second-order valence-corrected chi connectivity index (χ2v) is 5.28. The molecule has 0 aliphatic heterocycles. The third-order valence-corrected chi connectivity index (χ3v) is 3.36. The van der Waals surface area contributed by atoms with Crippen molar-refractivity contribution in [3.05, 3.63) is 0 Å². The summed E-state index contributed by atoms with van der Waals surface area (Å²) in [6.07, 6.45) is 14.6. The van der Waals surface area contributed by atoms with Crippen molar-refractivity contribution in [2.24, 2.45) is 0 Å². The quantitative estimate of drug-likeness (QED) is 0.469. The molecule has 18 heavy (non-hydrogen) atoms. The van der Waals surface area contributed by atoms with Gasteiger partial charge in [0.05, 0.1) is 0 Å². The Morgan fingerprint density at radius 1 is 0.722 bits per heavy atom. The third-order valence-electron chi connectivity index (χ3n) is 3.36. The second-order valence-electron chi connectivity index (χ2n) is 5.28. The van der Waals surface area contributed by atoms with E-state index in [1.54, 1.807) is 0 Å². The molecule has 0 bridgehead atoms. The van der Waals surface area contributed by atoms with E-state index in [9.17, 15) is 4.79 Å². The SMILES string of the molecule is CCCCCCCCC(=O)NCCCCCCC. The molecule has 2 heteroatoms. The minimum absolute atomic E-state index is 0.251. The van der Waals surface area contributed by atoms with Gasteiger partial charge in [0.2, 0.25) is 5.91 Å². The third kappa shape index (κ3) is 13.5. The first-order valence-corrected chi connectivity index (χ1v) is 8.08. The van der Waals surface area contributed by atoms with Crippen molar-refractivity contribution in [2.45, 2.75) is 90.9 Å². The summed E-state index contributed by atoms with van der Waals surface area (Å²) < 4.78 is 0. The largest absolute Gasteiger partial charge is 0.356 e. The highest BCUT2D eigenvalue weighted by Crippen LogP contribution is 2.06. The first kappa shape index (κ1) is 17.5. The Kier molecular flexibility index (Phi) is 14.1. The molecule has 0 rings (SSSR count). The van der Waals surface area contributed by atoms with Crippen LogP contribution in [0.3, 0.4) is 0 Å². The van der Waals surface area contributed by atoms with Crippen LogP contribution < -0.4 is 5.32 Å². The van der Waals surface area contributed by atoms with E-state index in [1.807, 2.05) is 0 Å². The van der Waals surface area contributed by atoms with E-state index in [2.05, 4.69) is 19.2 Å². The van der Waals surface area contributed by atoms with Crippen molar-refractivity contribution < 1.29 is 4.79 Å². The molecule has 0 fully saturated rings. The molecule has 0 heterocycles. The van der Waals surface area contributed by atoms with Crippen LogP contribution in [0.2, 0.25) is 0 Å². The van der Waals surface area contributed by atoms with Gasteiger partial charge in [-0.15, -0.1) is 0 Å². The van der Waals surface area contributed by atoms with E-state index in [1.165, 1.54) is 57.8 Å². The van der Waals surface area contributed by atoms with E-state index < -0.39 is 0 Å². The number of rotatable bonds is 13. The molecule has 0 aromatic rings. The van der Waals surface area contributed by atoms with Gasteiger partial charge in [0.25, 0.3) is 0 Å². The Labute approximate surface area is 114 Å². The molecule has 1 amide bonds. The lowest BCUT2D eigenvalue weighted by Gasteiger charge is -2.05. The molecular weight excluding hydrogens is 222 g/mol. The van der Waals surface area contributed by atoms with Gasteiger partial charge in [0.15, 0.2) is 0 Å². The molecular formula is C16H33NO. The first-order valence-electron chi connectivity index (χ1n) is 8.08. The molecule has 1 N–H and O–H groups in total. The average Bonchev–Trinajstić information content (AvgIpc) is 2.38. The molecule has 0 saturated carbocycles. The number of hydrogen-bond donors (Lipinski definition) is 1. The van der Waals surface area contributed by atoms with Gasteiger partial charge in [-0.25, -0.2) is 0 Å². The summed E-state index contributed by atoms with van der Waals surface area (Å²) in [7, 11) is 0. The van der Waals surface area contributed by atoms with Gasteiger partial charge in [-0.1, -0.05) is 71.6 Å². The maximum atomic E-state index is 11.5. The van der Waals surface area contributed by atoms with Gasteiger partial charge in [-0.2, -0.15) is 0 Å². The fourth-order valence-electron chi connectivity index (χ4n) is 2.11. The molecule has 0 aliphatic carbocycles. The van der Waals surface area contributed by atoms with Crippen LogP contribution in [-0.4, -0.2) is 12.5 Å². The highest BCUT2D eigenvalue weighted by atomic mass is 16.1. The Hall–Kier alpha value is -0.530. The summed E-state index contributed by atoms with van der Waals surface area (Å²) in [6.45, 7) is 5.33. The van der Waals surface area contributed by atoms with E-state index in [-0.39, 0.29) is 5.91 Å². The molecule has 0 spiro atoms. The molecule has 108 valence electrons. The predicted molar refractivity (Wildman–Crippen MR) is 79.8 cm³/mol. The number of hydrogen-bond acceptors (Lipinski definition) is 1. The minimum Gasteiger partial charge on any atom is -0.356 e. The minimum atomic E-state index is 0.251. The van der Waals surface area contributed by atoms with E-state index in [4.69, 9.17) is 0 Å². The lowest BCUT2D eigenvalue weighted by Crippen LogP contribution is -2.23. The number of carbonyl (C=O) groups excluding carboxylic acids is 1. The van der Waals surface area contributed by atoms with Crippen molar-refractivity contribution in [1.29, 1.82) is 0 Å². The van der Waals surface area contributed by atoms with Crippen molar-refractivity contribution in [1.82, 2.24) is 5.32 Å². The van der Waals surface area contributed by atoms with Gasteiger partial charge in [-0.3, -0.25) is 4.79 Å². The summed E-state index contributed by atoms with van der Waals surface area (Å²) in [5, 5.41) is 3.02. The van der Waals surface area contributed by atoms with Gasteiger partial charge >= 0.3 is 0 Å². The number of carbonyl (C=O) groups is 1. The molecule has 0 saturated heterocycles.